The second-order valence-corrected chi connectivity index (χ2v) is 6.33. The fraction of sp³-hybridized carbons (Fsp3) is 0.588. The van der Waals surface area contributed by atoms with E-state index in [2.05, 4.69) is 29.5 Å². The topological polar surface area (TPSA) is 36.4 Å². The Morgan fingerprint density at radius 2 is 2.10 bits per heavy atom. The Morgan fingerprint density at radius 3 is 2.67 bits per heavy atom. The number of aliphatic imine (C=N–C) groups is 1. The molecule has 0 radical (unpaired) electrons. The maximum atomic E-state index is 13.4. The number of nitrogens with zero attached hydrogens (tertiary/aromatic N) is 1. The highest BCUT2D eigenvalue weighted by molar-refractivity contribution is 5.79. The van der Waals surface area contributed by atoms with Gasteiger partial charge in [-0.2, -0.15) is 0 Å². The minimum absolute atomic E-state index is 0.0811. The Labute approximate surface area is 127 Å². The largest absolute Gasteiger partial charge is 0.356 e. The Morgan fingerprint density at radius 1 is 1.33 bits per heavy atom. The molecule has 4 heteroatoms. The van der Waals surface area contributed by atoms with Gasteiger partial charge in [0.2, 0.25) is 0 Å². The van der Waals surface area contributed by atoms with E-state index in [0.29, 0.717) is 5.92 Å². The Kier molecular flexibility index (Phi) is 5.21. The van der Waals surface area contributed by atoms with Gasteiger partial charge in [0.25, 0.3) is 0 Å². The molecule has 3 nitrogen and oxygen atoms in total. The molecular weight excluding hydrogens is 265 g/mol. The van der Waals surface area contributed by atoms with Crippen molar-refractivity contribution in [2.24, 2.45) is 10.9 Å². The van der Waals surface area contributed by atoms with Crippen molar-refractivity contribution in [3.63, 3.8) is 0 Å². The van der Waals surface area contributed by atoms with Gasteiger partial charge < -0.3 is 10.6 Å². The number of halogens is 1. The first-order valence-corrected chi connectivity index (χ1v) is 7.76. The summed E-state index contributed by atoms with van der Waals surface area (Å²) in [5.74, 6) is 1.36. The minimum Gasteiger partial charge on any atom is -0.356 e. The van der Waals surface area contributed by atoms with Crippen molar-refractivity contribution < 1.29 is 4.39 Å². The van der Waals surface area contributed by atoms with E-state index in [1.807, 2.05) is 6.07 Å². The van der Waals surface area contributed by atoms with Crippen LogP contribution in [0, 0.1) is 11.7 Å². The van der Waals surface area contributed by atoms with E-state index >= 15 is 0 Å². The van der Waals surface area contributed by atoms with Crippen molar-refractivity contribution in [3.8, 4) is 0 Å². The third kappa shape index (κ3) is 4.45. The molecule has 0 bridgehead atoms. The molecule has 0 spiro atoms. The zero-order chi connectivity index (χ0) is 15.3. The van der Waals surface area contributed by atoms with Gasteiger partial charge in [0.05, 0.1) is 0 Å². The van der Waals surface area contributed by atoms with Crippen LogP contribution in [0.1, 0.15) is 38.7 Å². The van der Waals surface area contributed by atoms with E-state index in [4.69, 9.17) is 0 Å². The number of hydrogen-bond acceptors (Lipinski definition) is 1. The molecule has 0 saturated heterocycles. The molecule has 1 saturated carbocycles. The normalized spacial score (nSPS) is 16.9. The van der Waals surface area contributed by atoms with Gasteiger partial charge in [0, 0.05) is 25.6 Å². The molecule has 0 atom stereocenters. The highest BCUT2D eigenvalue weighted by Crippen LogP contribution is 2.47. The van der Waals surface area contributed by atoms with Gasteiger partial charge in [-0.05, 0) is 42.9 Å². The van der Waals surface area contributed by atoms with Crippen LogP contribution >= 0.6 is 0 Å². The van der Waals surface area contributed by atoms with Crippen LogP contribution in [-0.4, -0.2) is 26.1 Å². The van der Waals surface area contributed by atoms with E-state index in [0.717, 1.165) is 43.9 Å². The number of guanidine groups is 1. The molecule has 1 aliphatic rings. The zero-order valence-corrected chi connectivity index (χ0v) is 13.2. The highest BCUT2D eigenvalue weighted by Gasteiger charge is 2.44. The lowest BCUT2D eigenvalue weighted by Gasteiger charge is -2.19. The van der Waals surface area contributed by atoms with Crippen LogP contribution in [0.5, 0.6) is 0 Å². The summed E-state index contributed by atoms with van der Waals surface area (Å²) in [5, 5.41) is 6.71. The summed E-state index contributed by atoms with van der Waals surface area (Å²) in [4.78, 5) is 4.25. The van der Waals surface area contributed by atoms with Crippen molar-refractivity contribution in [2.75, 3.05) is 20.1 Å². The lowest BCUT2D eigenvalue weighted by Crippen LogP contribution is -2.41. The molecule has 0 unspecified atom stereocenters. The summed E-state index contributed by atoms with van der Waals surface area (Å²) in [7, 11) is 1.78. The second kappa shape index (κ2) is 6.92. The Balaban J connectivity index is 1.86. The number of hydrogen-bond donors (Lipinski definition) is 2. The number of benzene rings is 1. The van der Waals surface area contributed by atoms with Crippen LogP contribution in [0.2, 0.25) is 0 Å². The SMILES string of the molecule is CN=C(NCCC(C)C)NCC1(c2cccc(F)c2)CC1. The van der Waals surface area contributed by atoms with Crippen LogP contribution in [0.15, 0.2) is 29.3 Å². The van der Waals surface area contributed by atoms with E-state index in [-0.39, 0.29) is 11.2 Å². The minimum atomic E-state index is -0.154. The predicted octanol–water partition coefficient (Wildman–Crippen LogP) is 3.07. The van der Waals surface area contributed by atoms with Crippen molar-refractivity contribution in [1.29, 1.82) is 0 Å². The summed E-state index contributed by atoms with van der Waals surface area (Å²) < 4.78 is 13.4. The first-order chi connectivity index (χ1) is 10.1. The summed E-state index contributed by atoms with van der Waals surface area (Å²) in [6.07, 6.45) is 3.33. The molecule has 21 heavy (non-hydrogen) atoms. The number of rotatable bonds is 6. The summed E-state index contributed by atoms with van der Waals surface area (Å²) in [5.41, 5.74) is 1.17. The summed E-state index contributed by atoms with van der Waals surface area (Å²) >= 11 is 0. The highest BCUT2D eigenvalue weighted by atomic mass is 19.1. The fourth-order valence-electron chi connectivity index (χ4n) is 2.49. The van der Waals surface area contributed by atoms with E-state index in [1.165, 1.54) is 6.07 Å². The zero-order valence-electron chi connectivity index (χ0n) is 13.2. The molecule has 0 amide bonds. The van der Waals surface area contributed by atoms with E-state index in [1.54, 1.807) is 19.2 Å². The molecule has 116 valence electrons. The Hall–Kier alpha value is -1.58. The molecule has 0 aromatic heterocycles. The quantitative estimate of drug-likeness (QED) is 0.624. The van der Waals surface area contributed by atoms with Gasteiger partial charge in [0.1, 0.15) is 5.82 Å². The summed E-state index contributed by atoms with van der Waals surface area (Å²) in [6, 6.07) is 6.97. The molecule has 1 aliphatic carbocycles. The molecule has 2 N–H and O–H groups in total. The maximum Gasteiger partial charge on any atom is 0.191 e. The van der Waals surface area contributed by atoms with Gasteiger partial charge in [-0.25, -0.2) is 4.39 Å². The Bertz CT molecular complexity index is 493. The molecule has 0 heterocycles. The van der Waals surface area contributed by atoms with Crippen LogP contribution < -0.4 is 10.6 Å². The molecule has 1 aromatic rings. The monoisotopic (exact) mass is 291 g/mol. The van der Waals surface area contributed by atoms with Crippen LogP contribution in [0.4, 0.5) is 4.39 Å². The van der Waals surface area contributed by atoms with Crippen molar-refractivity contribution >= 4 is 5.96 Å². The average molecular weight is 291 g/mol. The van der Waals surface area contributed by atoms with E-state index < -0.39 is 0 Å². The molecule has 0 aliphatic heterocycles. The average Bonchev–Trinajstić information content (AvgIpc) is 3.23. The van der Waals surface area contributed by atoms with Crippen molar-refractivity contribution in [1.82, 2.24) is 10.6 Å². The van der Waals surface area contributed by atoms with Gasteiger partial charge >= 0.3 is 0 Å². The van der Waals surface area contributed by atoms with Crippen molar-refractivity contribution in [2.45, 2.75) is 38.5 Å². The van der Waals surface area contributed by atoms with Crippen LogP contribution in [-0.2, 0) is 5.41 Å². The second-order valence-electron chi connectivity index (χ2n) is 6.33. The molecular formula is C17H26FN3. The fourth-order valence-corrected chi connectivity index (χ4v) is 2.49. The van der Waals surface area contributed by atoms with Crippen LogP contribution in [0.3, 0.4) is 0 Å². The third-order valence-electron chi connectivity index (χ3n) is 4.12. The third-order valence-corrected chi connectivity index (χ3v) is 4.12. The van der Waals surface area contributed by atoms with Gasteiger partial charge in [-0.1, -0.05) is 26.0 Å². The maximum absolute atomic E-state index is 13.4. The van der Waals surface area contributed by atoms with E-state index in [9.17, 15) is 4.39 Å². The smallest absolute Gasteiger partial charge is 0.191 e. The first-order valence-electron chi connectivity index (χ1n) is 7.76. The molecule has 1 aromatic carbocycles. The van der Waals surface area contributed by atoms with Gasteiger partial charge in [0.15, 0.2) is 5.96 Å². The molecule has 1 fully saturated rings. The van der Waals surface area contributed by atoms with Crippen LogP contribution in [0.25, 0.3) is 0 Å². The standard InChI is InChI=1S/C17H26FN3/c1-13(2)7-10-20-16(19-3)21-12-17(8-9-17)14-5-4-6-15(18)11-14/h4-6,11,13H,7-10,12H2,1-3H3,(H2,19,20,21). The first kappa shape index (κ1) is 15.8. The number of nitrogens with one attached hydrogen (secondary N) is 2. The predicted molar refractivity (Wildman–Crippen MR) is 86.1 cm³/mol. The lowest BCUT2D eigenvalue weighted by molar-refractivity contribution is 0.568. The van der Waals surface area contributed by atoms with Crippen molar-refractivity contribution in [3.05, 3.63) is 35.6 Å². The van der Waals surface area contributed by atoms with Gasteiger partial charge in [-0.15, -0.1) is 0 Å². The lowest BCUT2D eigenvalue weighted by atomic mass is 9.96. The molecule has 2 rings (SSSR count). The summed E-state index contributed by atoms with van der Waals surface area (Å²) in [6.45, 7) is 6.14. The van der Waals surface area contributed by atoms with Gasteiger partial charge in [-0.3, -0.25) is 4.99 Å².